The topological polar surface area (TPSA) is 84.9 Å². The molecule has 8 heteroatoms. The second-order valence-electron chi connectivity index (χ2n) is 6.07. The molecule has 0 spiro atoms. The Balaban J connectivity index is 1.72. The Bertz CT molecular complexity index is 927. The fourth-order valence-electron chi connectivity index (χ4n) is 2.65. The van der Waals surface area contributed by atoms with Crippen LogP contribution < -0.4 is 19.1 Å². The lowest BCUT2D eigenvalue weighted by atomic mass is 10.1. The third-order valence-corrected chi connectivity index (χ3v) is 5.04. The van der Waals surface area contributed by atoms with E-state index in [1.807, 2.05) is 31.2 Å². The van der Waals surface area contributed by atoms with Crippen LogP contribution in [0.4, 0.5) is 5.69 Å². The van der Waals surface area contributed by atoms with Crippen molar-refractivity contribution in [3.05, 3.63) is 53.6 Å². The third-order valence-electron chi connectivity index (χ3n) is 3.90. The molecule has 1 heterocycles. The molecule has 0 fully saturated rings. The Labute approximate surface area is 152 Å². The molecule has 138 valence electrons. The Morgan fingerprint density at radius 3 is 2.65 bits per heavy atom. The standard InChI is InChI=1S/C18H20N2O5S/c1-13-4-3-5-14(8-13)10-19-18(21)11-20(26(2,22)23)15-6-7-16-17(9-15)25-12-24-16/h3-9H,10-12H2,1-2H3,(H,19,21). The second-order valence-corrected chi connectivity index (χ2v) is 7.98. The zero-order valence-corrected chi connectivity index (χ0v) is 15.4. The van der Waals surface area contributed by atoms with E-state index in [1.54, 1.807) is 18.2 Å². The van der Waals surface area contributed by atoms with Crippen molar-refractivity contribution >= 4 is 21.6 Å². The first-order valence-corrected chi connectivity index (χ1v) is 9.87. The minimum absolute atomic E-state index is 0.0919. The summed E-state index contributed by atoms with van der Waals surface area (Å²) in [6.45, 7) is 2.08. The summed E-state index contributed by atoms with van der Waals surface area (Å²) in [5.74, 6) is 0.608. The lowest BCUT2D eigenvalue weighted by molar-refractivity contribution is -0.119. The van der Waals surface area contributed by atoms with Crippen LogP contribution in [-0.4, -0.2) is 33.9 Å². The second kappa shape index (κ2) is 7.25. The minimum Gasteiger partial charge on any atom is -0.454 e. The highest BCUT2D eigenvalue weighted by Crippen LogP contribution is 2.36. The van der Waals surface area contributed by atoms with Gasteiger partial charge in [0.15, 0.2) is 11.5 Å². The van der Waals surface area contributed by atoms with Gasteiger partial charge in [-0.15, -0.1) is 0 Å². The predicted octanol–water partition coefficient (Wildman–Crippen LogP) is 1.81. The number of sulfonamides is 1. The molecule has 0 atom stereocenters. The van der Waals surface area contributed by atoms with Gasteiger partial charge in [0.05, 0.1) is 11.9 Å². The molecule has 0 aliphatic carbocycles. The number of hydrogen-bond donors (Lipinski definition) is 1. The number of fused-ring (bicyclic) bond motifs is 1. The van der Waals surface area contributed by atoms with Gasteiger partial charge in [-0.05, 0) is 24.6 Å². The number of amides is 1. The average Bonchev–Trinajstić information content (AvgIpc) is 3.04. The largest absolute Gasteiger partial charge is 0.454 e. The Kier molecular flexibility index (Phi) is 5.03. The quantitative estimate of drug-likeness (QED) is 0.831. The highest BCUT2D eigenvalue weighted by Gasteiger charge is 2.23. The van der Waals surface area contributed by atoms with E-state index in [9.17, 15) is 13.2 Å². The van der Waals surface area contributed by atoms with Gasteiger partial charge in [0.1, 0.15) is 6.54 Å². The number of ether oxygens (including phenoxy) is 2. The molecule has 0 bridgehead atoms. The smallest absolute Gasteiger partial charge is 0.241 e. The van der Waals surface area contributed by atoms with Gasteiger partial charge < -0.3 is 14.8 Å². The van der Waals surface area contributed by atoms with Crippen molar-refractivity contribution in [2.24, 2.45) is 0 Å². The highest BCUT2D eigenvalue weighted by molar-refractivity contribution is 7.92. The van der Waals surface area contributed by atoms with Crippen molar-refractivity contribution in [1.82, 2.24) is 5.32 Å². The van der Waals surface area contributed by atoms with E-state index in [0.717, 1.165) is 21.7 Å². The van der Waals surface area contributed by atoms with Crippen molar-refractivity contribution in [3.63, 3.8) is 0 Å². The molecule has 1 aliphatic heterocycles. The molecule has 3 rings (SSSR count). The fourth-order valence-corrected chi connectivity index (χ4v) is 3.50. The van der Waals surface area contributed by atoms with Gasteiger partial charge in [-0.2, -0.15) is 0 Å². The molecule has 0 aromatic heterocycles. The molecule has 1 N–H and O–H groups in total. The number of nitrogens with zero attached hydrogens (tertiary/aromatic N) is 1. The SMILES string of the molecule is Cc1cccc(CNC(=O)CN(c2ccc3c(c2)OCO3)S(C)(=O)=O)c1. The number of anilines is 1. The molecule has 2 aromatic carbocycles. The van der Waals surface area contributed by atoms with Gasteiger partial charge in [0.25, 0.3) is 0 Å². The van der Waals surface area contributed by atoms with Gasteiger partial charge in [-0.3, -0.25) is 9.10 Å². The molecule has 7 nitrogen and oxygen atoms in total. The van der Waals surface area contributed by atoms with Crippen molar-refractivity contribution in [1.29, 1.82) is 0 Å². The average molecular weight is 376 g/mol. The summed E-state index contributed by atoms with van der Waals surface area (Å²) in [5, 5.41) is 2.75. The van der Waals surface area contributed by atoms with E-state index >= 15 is 0 Å². The Morgan fingerprint density at radius 2 is 1.92 bits per heavy atom. The first-order chi connectivity index (χ1) is 12.3. The number of nitrogens with one attached hydrogen (secondary N) is 1. The zero-order chi connectivity index (χ0) is 18.7. The maximum atomic E-state index is 12.3. The fraction of sp³-hybridized carbons (Fsp3) is 0.278. The number of carbonyl (C=O) groups excluding carboxylic acids is 1. The summed E-state index contributed by atoms with van der Waals surface area (Å²) >= 11 is 0. The number of aryl methyl sites for hydroxylation is 1. The van der Waals surface area contributed by atoms with Crippen molar-refractivity contribution < 1.29 is 22.7 Å². The minimum atomic E-state index is -3.64. The van der Waals surface area contributed by atoms with E-state index in [4.69, 9.17) is 9.47 Å². The first kappa shape index (κ1) is 18.1. The van der Waals surface area contributed by atoms with Crippen LogP contribution in [0.1, 0.15) is 11.1 Å². The van der Waals surface area contributed by atoms with Crippen molar-refractivity contribution in [2.75, 3.05) is 23.9 Å². The van der Waals surface area contributed by atoms with Crippen LogP contribution in [-0.2, 0) is 21.4 Å². The van der Waals surface area contributed by atoms with Gasteiger partial charge in [-0.25, -0.2) is 8.42 Å². The summed E-state index contributed by atoms with van der Waals surface area (Å²) in [4.78, 5) is 12.3. The van der Waals surface area contributed by atoms with Crippen LogP contribution in [0.2, 0.25) is 0 Å². The molecule has 1 aliphatic rings. The molecular formula is C18H20N2O5S. The van der Waals surface area contributed by atoms with Crippen LogP contribution in [0.15, 0.2) is 42.5 Å². The maximum Gasteiger partial charge on any atom is 0.241 e. The van der Waals surface area contributed by atoms with E-state index in [2.05, 4.69) is 5.32 Å². The lowest BCUT2D eigenvalue weighted by Gasteiger charge is -2.22. The van der Waals surface area contributed by atoms with E-state index in [-0.39, 0.29) is 13.3 Å². The van der Waals surface area contributed by atoms with Crippen LogP contribution in [0.5, 0.6) is 11.5 Å². The molecule has 0 saturated heterocycles. The summed E-state index contributed by atoms with van der Waals surface area (Å²) in [6, 6.07) is 12.5. The Hall–Kier alpha value is -2.74. The van der Waals surface area contributed by atoms with Crippen LogP contribution >= 0.6 is 0 Å². The van der Waals surface area contributed by atoms with Gasteiger partial charge in [0.2, 0.25) is 22.7 Å². The number of rotatable bonds is 6. The third kappa shape index (κ3) is 4.26. The van der Waals surface area contributed by atoms with E-state index in [0.29, 0.717) is 23.7 Å². The predicted molar refractivity (Wildman–Crippen MR) is 97.8 cm³/mol. The van der Waals surface area contributed by atoms with Crippen LogP contribution in [0.25, 0.3) is 0 Å². The van der Waals surface area contributed by atoms with Gasteiger partial charge in [0, 0.05) is 12.6 Å². The summed E-state index contributed by atoms with van der Waals surface area (Å²) in [7, 11) is -3.64. The molecule has 1 amide bonds. The molecule has 2 aromatic rings. The van der Waals surface area contributed by atoms with Gasteiger partial charge >= 0.3 is 0 Å². The monoisotopic (exact) mass is 376 g/mol. The number of benzene rings is 2. The summed E-state index contributed by atoms with van der Waals surface area (Å²) in [5.41, 5.74) is 2.39. The Morgan fingerprint density at radius 1 is 1.15 bits per heavy atom. The molecular weight excluding hydrogens is 356 g/mol. The molecule has 0 saturated carbocycles. The van der Waals surface area contributed by atoms with E-state index in [1.165, 1.54) is 0 Å². The van der Waals surface area contributed by atoms with Gasteiger partial charge in [-0.1, -0.05) is 29.8 Å². The van der Waals surface area contributed by atoms with E-state index < -0.39 is 15.9 Å². The zero-order valence-electron chi connectivity index (χ0n) is 14.6. The number of hydrogen-bond acceptors (Lipinski definition) is 5. The summed E-state index contributed by atoms with van der Waals surface area (Å²) < 4.78 is 35.9. The van der Waals surface area contributed by atoms with Crippen molar-refractivity contribution in [3.8, 4) is 11.5 Å². The summed E-state index contributed by atoms with van der Waals surface area (Å²) in [6.07, 6.45) is 1.06. The molecule has 26 heavy (non-hydrogen) atoms. The lowest BCUT2D eigenvalue weighted by Crippen LogP contribution is -2.40. The van der Waals surface area contributed by atoms with Crippen LogP contribution in [0, 0.1) is 6.92 Å². The molecule has 0 unspecified atom stereocenters. The first-order valence-electron chi connectivity index (χ1n) is 8.02. The normalized spacial score (nSPS) is 12.7. The van der Waals surface area contributed by atoms with Crippen molar-refractivity contribution in [2.45, 2.75) is 13.5 Å². The van der Waals surface area contributed by atoms with Crippen LogP contribution in [0.3, 0.4) is 0 Å². The maximum absolute atomic E-state index is 12.3. The highest BCUT2D eigenvalue weighted by atomic mass is 32.2. The molecule has 0 radical (unpaired) electrons. The number of carbonyl (C=O) groups is 1.